The van der Waals surface area contributed by atoms with E-state index in [0.29, 0.717) is 17.6 Å². The lowest BCUT2D eigenvalue weighted by molar-refractivity contribution is 0.457. The van der Waals surface area contributed by atoms with Crippen LogP contribution in [0.3, 0.4) is 0 Å². The molecular weight excluding hydrogens is 238 g/mol. The third kappa shape index (κ3) is 3.02. The van der Waals surface area contributed by atoms with Crippen LogP contribution in [0.5, 0.6) is 11.6 Å². The molecule has 0 spiro atoms. The van der Waals surface area contributed by atoms with Crippen molar-refractivity contribution in [2.75, 3.05) is 5.73 Å². The summed E-state index contributed by atoms with van der Waals surface area (Å²) in [6.07, 6.45) is 2.53. The Labute approximate surface area is 113 Å². The summed E-state index contributed by atoms with van der Waals surface area (Å²) in [6.45, 7) is 6.24. The van der Waals surface area contributed by atoms with Gasteiger partial charge in [0.25, 0.3) is 0 Å². The number of anilines is 1. The monoisotopic (exact) mass is 257 g/mol. The highest BCUT2D eigenvalue weighted by Crippen LogP contribution is 2.26. The minimum Gasteiger partial charge on any atom is -0.439 e. The van der Waals surface area contributed by atoms with Crippen LogP contribution in [0.4, 0.5) is 5.82 Å². The van der Waals surface area contributed by atoms with Crippen molar-refractivity contribution in [1.29, 1.82) is 0 Å². The molecule has 2 aromatic rings. The van der Waals surface area contributed by atoms with Gasteiger partial charge in [0.2, 0.25) is 5.88 Å². The SMILES string of the molecule is CCC(C)c1ccc(Oc2ncnc(N)c2C)cc1. The van der Waals surface area contributed by atoms with E-state index in [1.165, 1.54) is 11.9 Å². The zero-order valence-corrected chi connectivity index (χ0v) is 11.6. The van der Waals surface area contributed by atoms with Crippen LogP contribution in [-0.4, -0.2) is 9.97 Å². The first-order valence-electron chi connectivity index (χ1n) is 6.46. The van der Waals surface area contributed by atoms with Gasteiger partial charge in [0.1, 0.15) is 17.9 Å². The number of nitrogens with zero attached hydrogens (tertiary/aromatic N) is 2. The lowest BCUT2D eigenvalue weighted by Gasteiger charge is -2.11. The molecule has 0 fully saturated rings. The van der Waals surface area contributed by atoms with E-state index in [2.05, 4.69) is 35.9 Å². The van der Waals surface area contributed by atoms with Crippen LogP contribution in [0.15, 0.2) is 30.6 Å². The minimum atomic E-state index is 0.446. The van der Waals surface area contributed by atoms with E-state index in [-0.39, 0.29) is 0 Å². The van der Waals surface area contributed by atoms with Crippen LogP contribution in [0.25, 0.3) is 0 Å². The lowest BCUT2D eigenvalue weighted by atomic mass is 9.99. The van der Waals surface area contributed by atoms with Gasteiger partial charge in [-0.2, -0.15) is 0 Å². The molecule has 0 aliphatic heterocycles. The Morgan fingerprint density at radius 2 is 1.89 bits per heavy atom. The summed E-state index contributed by atoms with van der Waals surface area (Å²) in [5.74, 6) is 2.27. The van der Waals surface area contributed by atoms with E-state index in [1.54, 1.807) is 0 Å². The average molecular weight is 257 g/mol. The number of rotatable bonds is 4. The molecule has 2 N–H and O–H groups in total. The molecule has 0 aliphatic carbocycles. The average Bonchev–Trinajstić information content (AvgIpc) is 2.44. The van der Waals surface area contributed by atoms with Gasteiger partial charge in [-0.1, -0.05) is 26.0 Å². The van der Waals surface area contributed by atoms with Gasteiger partial charge in [0.15, 0.2) is 0 Å². The van der Waals surface area contributed by atoms with Crippen molar-refractivity contribution >= 4 is 5.82 Å². The van der Waals surface area contributed by atoms with Crippen molar-refractivity contribution in [3.63, 3.8) is 0 Å². The molecule has 0 saturated carbocycles. The van der Waals surface area contributed by atoms with Crippen LogP contribution >= 0.6 is 0 Å². The Hall–Kier alpha value is -2.10. The summed E-state index contributed by atoms with van der Waals surface area (Å²) in [5.41, 5.74) is 7.80. The highest BCUT2D eigenvalue weighted by molar-refractivity contribution is 5.45. The number of hydrogen-bond acceptors (Lipinski definition) is 4. The van der Waals surface area contributed by atoms with Gasteiger partial charge in [0.05, 0.1) is 5.56 Å². The normalized spacial score (nSPS) is 12.2. The molecule has 0 amide bonds. The van der Waals surface area contributed by atoms with Crippen molar-refractivity contribution in [2.24, 2.45) is 0 Å². The molecule has 0 saturated heterocycles. The second-order valence-electron chi connectivity index (χ2n) is 4.67. The van der Waals surface area contributed by atoms with Crippen molar-refractivity contribution in [3.05, 3.63) is 41.7 Å². The molecule has 1 atom stereocenters. The van der Waals surface area contributed by atoms with Crippen molar-refractivity contribution < 1.29 is 4.74 Å². The number of aromatic nitrogens is 2. The smallest absolute Gasteiger partial charge is 0.227 e. The molecule has 0 radical (unpaired) electrons. The van der Waals surface area contributed by atoms with Gasteiger partial charge in [-0.25, -0.2) is 9.97 Å². The zero-order valence-electron chi connectivity index (χ0n) is 11.6. The second kappa shape index (κ2) is 5.69. The number of ether oxygens (including phenoxy) is 1. The topological polar surface area (TPSA) is 61.0 Å². The summed E-state index contributed by atoms with van der Waals surface area (Å²) in [4.78, 5) is 8.01. The highest BCUT2D eigenvalue weighted by Gasteiger charge is 2.07. The van der Waals surface area contributed by atoms with E-state index in [9.17, 15) is 0 Å². The van der Waals surface area contributed by atoms with Crippen LogP contribution in [0, 0.1) is 6.92 Å². The fraction of sp³-hybridized carbons (Fsp3) is 0.333. The Kier molecular flexibility index (Phi) is 4.00. The van der Waals surface area contributed by atoms with Crippen molar-refractivity contribution in [1.82, 2.24) is 9.97 Å². The quantitative estimate of drug-likeness (QED) is 0.907. The number of hydrogen-bond donors (Lipinski definition) is 1. The molecule has 1 heterocycles. The van der Waals surface area contributed by atoms with Gasteiger partial charge >= 0.3 is 0 Å². The molecule has 0 bridgehead atoms. The first kappa shape index (κ1) is 13.3. The van der Waals surface area contributed by atoms with Crippen molar-refractivity contribution in [3.8, 4) is 11.6 Å². The number of benzene rings is 1. The molecule has 1 unspecified atom stereocenters. The fourth-order valence-corrected chi connectivity index (χ4v) is 1.76. The fourth-order valence-electron chi connectivity index (χ4n) is 1.76. The summed E-state index contributed by atoms with van der Waals surface area (Å²) < 4.78 is 5.73. The highest BCUT2D eigenvalue weighted by atomic mass is 16.5. The maximum Gasteiger partial charge on any atom is 0.227 e. The van der Waals surface area contributed by atoms with Crippen molar-refractivity contribution in [2.45, 2.75) is 33.1 Å². The van der Waals surface area contributed by atoms with E-state index in [0.717, 1.165) is 17.7 Å². The van der Waals surface area contributed by atoms with E-state index < -0.39 is 0 Å². The second-order valence-corrected chi connectivity index (χ2v) is 4.67. The molecule has 19 heavy (non-hydrogen) atoms. The first-order chi connectivity index (χ1) is 9.11. The van der Waals surface area contributed by atoms with Crippen LogP contribution in [-0.2, 0) is 0 Å². The molecule has 1 aromatic carbocycles. The predicted molar refractivity (Wildman–Crippen MR) is 76.4 cm³/mol. The maximum atomic E-state index is 5.73. The van der Waals surface area contributed by atoms with Gasteiger partial charge in [-0.05, 0) is 37.0 Å². The lowest BCUT2D eigenvalue weighted by Crippen LogP contribution is -1.99. The minimum absolute atomic E-state index is 0.446. The molecular formula is C15H19N3O. The van der Waals surface area contributed by atoms with Crippen LogP contribution in [0.1, 0.15) is 37.3 Å². The molecule has 100 valence electrons. The molecule has 4 heteroatoms. The Morgan fingerprint density at radius 1 is 1.21 bits per heavy atom. The maximum absolute atomic E-state index is 5.73. The van der Waals surface area contributed by atoms with Crippen LogP contribution < -0.4 is 10.5 Å². The number of nitrogen functional groups attached to an aromatic ring is 1. The van der Waals surface area contributed by atoms with E-state index in [4.69, 9.17) is 10.5 Å². The largest absolute Gasteiger partial charge is 0.439 e. The molecule has 1 aromatic heterocycles. The molecule has 0 aliphatic rings. The summed E-state index contributed by atoms with van der Waals surface area (Å²) >= 11 is 0. The van der Waals surface area contributed by atoms with Gasteiger partial charge in [-0.15, -0.1) is 0 Å². The van der Waals surface area contributed by atoms with Gasteiger partial charge in [0, 0.05) is 0 Å². The summed E-state index contributed by atoms with van der Waals surface area (Å²) in [5, 5.41) is 0. The standard InChI is InChI=1S/C15H19N3O/c1-4-10(2)12-5-7-13(8-6-12)19-15-11(3)14(16)17-9-18-15/h5-10H,4H2,1-3H3,(H2,16,17,18). The van der Waals surface area contributed by atoms with E-state index >= 15 is 0 Å². The predicted octanol–water partition coefficient (Wildman–Crippen LogP) is 3.67. The van der Waals surface area contributed by atoms with Crippen LogP contribution in [0.2, 0.25) is 0 Å². The number of nitrogens with two attached hydrogens (primary N) is 1. The summed E-state index contributed by atoms with van der Waals surface area (Å²) in [7, 11) is 0. The first-order valence-corrected chi connectivity index (χ1v) is 6.46. The Morgan fingerprint density at radius 3 is 2.53 bits per heavy atom. The van der Waals surface area contributed by atoms with Gasteiger partial charge in [-0.3, -0.25) is 0 Å². The third-order valence-electron chi connectivity index (χ3n) is 3.35. The van der Waals surface area contributed by atoms with Gasteiger partial charge < -0.3 is 10.5 Å². The molecule has 2 rings (SSSR count). The third-order valence-corrected chi connectivity index (χ3v) is 3.35. The Bertz CT molecular complexity index is 552. The van der Waals surface area contributed by atoms with E-state index in [1.807, 2.05) is 19.1 Å². The zero-order chi connectivity index (χ0) is 13.8. The summed E-state index contributed by atoms with van der Waals surface area (Å²) in [6, 6.07) is 8.09. The Balaban J connectivity index is 2.18. The molecule has 4 nitrogen and oxygen atoms in total.